The summed E-state index contributed by atoms with van der Waals surface area (Å²) in [5.74, 6) is 1.11. The second-order valence-electron chi connectivity index (χ2n) is 5.01. The van der Waals surface area contributed by atoms with Crippen LogP contribution in [0.4, 0.5) is 0 Å². The first-order valence-electron chi connectivity index (χ1n) is 6.05. The molecule has 0 aliphatic heterocycles. The van der Waals surface area contributed by atoms with E-state index in [0.717, 1.165) is 32.2 Å². The Morgan fingerprint density at radius 1 is 1.53 bits per heavy atom. The summed E-state index contributed by atoms with van der Waals surface area (Å²) in [6, 6.07) is 0.381. The predicted molar refractivity (Wildman–Crippen MR) is 62.4 cm³/mol. The van der Waals surface area contributed by atoms with Crippen molar-refractivity contribution in [2.24, 2.45) is 17.6 Å². The van der Waals surface area contributed by atoms with E-state index in [9.17, 15) is 4.79 Å². The number of nitrogens with two attached hydrogens (primary N) is 1. The van der Waals surface area contributed by atoms with Crippen molar-refractivity contribution in [1.82, 2.24) is 4.90 Å². The van der Waals surface area contributed by atoms with Gasteiger partial charge in [0.05, 0.1) is 0 Å². The van der Waals surface area contributed by atoms with Crippen molar-refractivity contribution in [2.45, 2.75) is 45.6 Å². The zero-order valence-electron chi connectivity index (χ0n) is 10.2. The van der Waals surface area contributed by atoms with Gasteiger partial charge in [-0.3, -0.25) is 4.79 Å². The standard InChI is InChI=1S/C12H24N2O/c1-4-5-9(2)12(15)14(3)8-10-6-11(13)7-10/h9-11H,4-8,13H2,1-3H3. The third-order valence-electron chi connectivity index (χ3n) is 3.32. The topological polar surface area (TPSA) is 46.3 Å². The smallest absolute Gasteiger partial charge is 0.225 e. The van der Waals surface area contributed by atoms with Crippen molar-refractivity contribution in [2.75, 3.05) is 13.6 Å². The van der Waals surface area contributed by atoms with Gasteiger partial charge in [0, 0.05) is 25.6 Å². The molecule has 88 valence electrons. The van der Waals surface area contributed by atoms with Gasteiger partial charge in [-0.1, -0.05) is 20.3 Å². The fourth-order valence-corrected chi connectivity index (χ4v) is 2.35. The van der Waals surface area contributed by atoms with E-state index in [0.29, 0.717) is 12.0 Å². The van der Waals surface area contributed by atoms with Crippen molar-refractivity contribution in [1.29, 1.82) is 0 Å². The molecule has 1 aliphatic carbocycles. The minimum Gasteiger partial charge on any atom is -0.345 e. The van der Waals surface area contributed by atoms with Crippen molar-refractivity contribution in [3.05, 3.63) is 0 Å². The lowest BCUT2D eigenvalue weighted by Crippen LogP contribution is -2.44. The molecule has 1 rings (SSSR count). The van der Waals surface area contributed by atoms with Crippen molar-refractivity contribution in [3.63, 3.8) is 0 Å². The van der Waals surface area contributed by atoms with Gasteiger partial charge < -0.3 is 10.6 Å². The molecule has 0 aromatic carbocycles. The van der Waals surface area contributed by atoms with Gasteiger partial charge in [-0.25, -0.2) is 0 Å². The SMILES string of the molecule is CCCC(C)C(=O)N(C)CC1CC(N)C1. The molecule has 1 atom stereocenters. The monoisotopic (exact) mass is 212 g/mol. The van der Waals surface area contributed by atoms with Crippen molar-refractivity contribution >= 4 is 5.91 Å². The Kier molecular flexibility index (Phi) is 4.58. The van der Waals surface area contributed by atoms with E-state index in [1.165, 1.54) is 0 Å². The van der Waals surface area contributed by atoms with E-state index in [1.54, 1.807) is 0 Å². The van der Waals surface area contributed by atoms with Crippen LogP contribution in [0.3, 0.4) is 0 Å². The normalized spacial score (nSPS) is 26.9. The van der Waals surface area contributed by atoms with Gasteiger partial charge in [-0.2, -0.15) is 0 Å². The second-order valence-corrected chi connectivity index (χ2v) is 5.01. The first kappa shape index (κ1) is 12.5. The van der Waals surface area contributed by atoms with Crippen LogP contribution in [0.25, 0.3) is 0 Å². The van der Waals surface area contributed by atoms with Crippen LogP contribution >= 0.6 is 0 Å². The zero-order chi connectivity index (χ0) is 11.4. The molecule has 3 nitrogen and oxygen atoms in total. The predicted octanol–water partition coefficient (Wildman–Crippen LogP) is 1.62. The van der Waals surface area contributed by atoms with Crippen LogP contribution in [-0.4, -0.2) is 30.4 Å². The number of amides is 1. The summed E-state index contributed by atoms with van der Waals surface area (Å²) in [7, 11) is 1.92. The summed E-state index contributed by atoms with van der Waals surface area (Å²) in [6.07, 6.45) is 4.24. The lowest BCUT2D eigenvalue weighted by atomic mass is 9.80. The lowest BCUT2D eigenvalue weighted by molar-refractivity contribution is -0.134. The molecule has 1 saturated carbocycles. The molecule has 1 aliphatic rings. The Bertz CT molecular complexity index is 212. The van der Waals surface area contributed by atoms with E-state index < -0.39 is 0 Å². The first-order chi connectivity index (χ1) is 7.04. The molecule has 2 N–H and O–H groups in total. The van der Waals surface area contributed by atoms with Gasteiger partial charge in [0.2, 0.25) is 5.91 Å². The molecule has 0 spiro atoms. The molecule has 0 aromatic heterocycles. The Morgan fingerprint density at radius 2 is 2.13 bits per heavy atom. The molecule has 0 radical (unpaired) electrons. The summed E-state index contributed by atoms with van der Waals surface area (Å²) < 4.78 is 0. The molecule has 1 unspecified atom stereocenters. The highest BCUT2D eigenvalue weighted by Gasteiger charge is 2.28. The maximum absolute atomic E-state index is 11.9. The van der Waals surface area contributed by atoms with E-state index in [-0.39, 0.29) is 11.8 Å². The fourth-order valence-electron chi connectivity index (χ4n) is 2.35. The minimum atomic E-state index is 0.175. The van der Waals surface area contributed by atoms with E-state index in [2.05, 4.69) is 6.92 Å². The van der Waals surface area contributed by atoms with Crippen LogP contribution in [-0.2, 0) is 4.79 Å². The zero-order valence-corrected chi connectivity index (χ0v) is 10.2. The summed E-state index contributed by atoms with van der Waals surface area (Å²) in [5.41, 5.74) is 5.72. The molecular weight excluding hydrogens is 188 g/mol. The maximum atomic E-state index is 11.9. The number of hydrogen-bond donors (Lipinski definition) is 1. The second kappa shape index (κ2) is 5.50. The number of carbonyl (C=O) groups is 1. The van der Waals surface area contributed by atoms with Crippen LogP contribution in [0.2, 0.25) is 0 Å². The van der Waals surface area contributed by atoms with E-state index in [1.807, 2.05) is 18.9 Å². The molecule has 1 fully saturated rings. The minimum absolute atomic E-state index is 0.175. The highest BCUT2D eigenvalue weighted by molar-refractivity contribution is 5.78. The molecule has 0 aromatic rings. The number of carbonyl (C=O) groups excluding carboxylic acids is 1. The Morgan fingerprint density at radius 3 is 2.60 bits per heavy atom. The van der Waals surface area contributed by atoms with Gasteiger partial charge in [-0.15, -0.1) is 0 Å². The summed E-state index contributed by atoms with van der Waals surface area (Å²) >= 11 is 0. The van der Waals surface area contributed by atoms with Crippen LogP contribution in [0, 0.1) is 11.8 Å². The van der Waals surface area contributed by atoms with Gasteiger partial charge in [0.25, 0.3) is 0 Å². The Balaban J connectivity index is 2.26. The first-order valence-corrected chi connectivity index (χ1v) is 6.05. The van der Waals surface area contributed by atoms with Crippen LogP contribution in [0.1, 0.15) is 39.5 Å². The molecule has 15 heavy (non-hydrogen) atoms. The summed E-state index contributed by atoms with van der Waals surface area (Å²) in [6.45, 7) is 5.03. The Labute approximate surface area is 93.0 Å². The average molecular weight is 212 g/mol. The average Bonchev–Trinajstić information content (AvgIpc) is 2.14. The molecule has 1 amide bonds. The maximum Gasteiger partial charge on any atom is 0.225 e. The number of rotatable bonds is 5. The molecule has 0 saturated heterocycles. The molecule has 3 heteroatoms. The van der Waals surface area contributed by atoms with Crippen LogP contribution in [0.5, 0.6) is 0 Å². The number of hydrogen-bond acceptors (Lipinski definition) is 2. The molecule has 0 bridgehead atoms. The van der Waals surface area contributed by atoms with Crippen molar-refractivity contribution in [3.8, 4) is 0 Å². The third kappa shape index (κ3) is 3.49. The largest absolute Gasteiger partial charge is 0.345 e. The van der Waals surface area contributed by atoms with Gasteiger partial charge >= 0.3 is 0 Å². The van der Waals surface area contributed by atoms with Crippen LogP contribution < -0.4 is 5.73 Å². The Hall–Kier alpha value is -0.570. The lowest BCUT2D eigenvalue weighted by Gasteiger charge is -2.36. The van der Waals surface area contributed by atoms with E-state index >= 15 is 0 Å². The fraction of sp³-hybridized carbons (Fsp3) is 0.917. The van der Waals surface area contributed by atoms with Crippen LogP contribution in [0.15, 0.2) is 0 Å². The molecular formula is C12H24N2O. The van der Waals surface area contributed by atoms with Crippen molar-refractivity contribution < 1.29 is 4.79 Å². The van der Waals surface area contributed by atoms with Gasteiger partial charge in [0.15, 0.2) is 0 Å². The molecule has 0 heterocycles. The van der Waals surface area contributed by atoms with Gasteiger partial charge in [-0.05, 0) is 25.2 Å². The quantitative estimate of drug-likeness (QED) is 0.752. The summed E-state index contributed by atoms with van der Waals surface area (Å²) in [4.78, 5) is 13.8. The van der Waals surface area contributed by atoms with E-state index in [4.69, 9.17) is 5.73 Å². The van der Waals surface area contributed by atoms with Gasteiger partial charge in [0.1, 0.15) is 0 Å². The third-order valence-corrected chi connectivity index (χ3v) is 3.32. The highest BCUT2D eigenvalue weighted by Crippen LogP contribution is 2.26. The number of nitrogens with zero attached hydrogens (tertiary/aromatic N) is 1. The summed E-state index contributed by atoms with van der Waals surface area (Å²) in [5, 5.41) is 0. The highest BCUT2D eigenvalue weighted by atomic mass is 16.2.